The summed E-state index contributed by atoms with van der Waals surface area (Å²) in [7, 11) is -2.33. The van der Waals surface area contributed by atoms with Crippen LogP contribution in [-0.4, -0.2) is 14.3 Å². The molecule has 1 aromatic rings. The van der Waals surface area contributed by atoms with E-state index in [-0.39, 0.29) is 0 Å². The van der Waals surface area contributed by atoms with Gasteiger partial charge in [-0.2, -0.15) is 13.2 Å². The van der Waals surface area contributed by atoms with Crippen molar-refractivity contribution >= 4 is 19.5 Å². The maximum Gasteiger partial charge on any atom is 0.416 e. The Balaban J connectivity index is 3.09. The smallest absolute Gasteiger partial charge is 0.242 e. The van der Waals surface area contributed by atoms with Crippen molar-refractivity contribution in [1.82, 2.24) is 0 Å². The number of carbonyl (C=O) groups excluding carboxylic acids is 1. The van der Waals surface area contributed by atoms with E-state index in [9.17, 15) is 18.0 Å². The van der Waals surface area contributed by atoms with Crippen LogP contribution in [0.15, 0.2) is 28.9 Å². The van der Waals surface area contributed by atoms with Crippen molar-refractivity contribution in [2.75, 3.05) is 0 Å². The van der Waals surface area contributed by atoms with Gasteiger partial charge in [-0.15, -0.1) is 0 Å². The van der Waals surface area contributed by atoms with Crippen LogP contribution in [0.3, 0.4) is 0 Å². The second kappa shape index (κ2) is 4.23. The van der Waals surface area contributed by atoms with Gasteiger partial charge in [0, 0.05) is 0 Å². The first-order valence-electron chi connectivity index (χ1n) is 4.54. The highest BCUT2D eigenvalue weighted by Crippen LogP contribution is 2.28. The molecular weight excluding hydrogens is 235 g/mol. The molecule has 2 nitrogen and oxygen atoms in total. The number of halogens is 3. The molecule has 0 aliphatic carbocycles. The molecular formula is C10H10F3NOSi. The summed E-state index contributed by atoms with van der Waals surface area (Å²) in [6.07, 6.45) is -2.87. The van der Waals surface area contributed by atoms with Gasteiger partial charge >= 0.3 is 6.18 Å². The second-order valence-corrected chi connectivity index (χ2v) is 7.76. The van der Waals surface area contributed by atoms with Gasteiger partial charge in [-0.25, -0.2) is 9.45 Å². The van der Waals surface area contributed by atoms with E-state index in [0.29, 0.717) is 5.19 Å². The van der Waals surface area contributed by atoms with E-state index < -0.39 is 20.0 Å². The predicted octanol–water partition coefficient (Wildman–Crippen LogP) is 2.45. The number of benzene rings is 1. The molecule has 0 unspecified atom stereocenters. The fraction of sp³-hybridized carbons (Fsp3) is 0.300. The van der Waals surface area contributed by atoms with Gasteiger partial charge in [-0.3, -0.25) is 0 Å². The van der Waals surface area contributed by atoms with E-state index in [0.717, 1.165) is 12.1 Å². The molecule has 0 amide bonds. The van der Waals surface area contributed by atoms with Crippen LogP contribution in [0, 0.1) is 0 Å². The fourth-order valence-corrected chi connectivity index (χ4v) is 2.59. The molecule has 0 saturated heterocycles. The van der Waals surface area contributed by atoms with E-state index in [1.807, 2.05) is 0 Å². The van der Waals surface area contributed by atoms with Gasteiger partial charge in [0.05, 0.1) is 5.56 Å². The van der Waals surface area contributed by atoms with E-state index in [1.54, 1.807) is 13.1 Å². The zero-order chi connectivity index (χ0) is 12.4. The molecule has 0 radical (unpaired) electrons. The third kappa shape index (κ3) is 2.80. The molecule has 0 atom stereocenters. The van der Waals surface area contributed by atoms with E-state index in [1.165, 1.54) is 18.2 Å². The minimum absolute atomic E-state index is 0.670. The lowest BCUT2D eigenvalue weighted by atomic mass is 10.2. The Bertz CT molecular complexity index is 419. The van der Waals surface area contributed by atoms with E-state index in [4.69, 9.17) is 0 Å². The Labute approximate surface area is 91.9 Å². The summed E-state index contributed by atoms with van der Waals surface area (Å²) < 4.78 is 40.5. The number of nitrogens with zero attached hydrogens (tertiary/aromatic N) is 1. The van der Waals surface area contributed by atoms with Crippen molar-refractivity contribution in [1.29, 1.82) is 0 Å². The summed E-state index contributed by atoms with van der Waals surface area (Å²) in [6.45, 7) is 3.53. The normalized spacial score (nSPS) is 12.1. The highest BCUT2D eigenvalue weighted by atomic mass is 28.3. The van der Waals surface area contributed by atoms with Crippen molar-refractivity contribution in [2.45, 2.75) is 19.3 Å². The monoisotopic (exact) mass is 245 g/mol. The highest BCUT2D eigenvalue weighted by Gasteiger charge is 2.31. The average molecular weight is 245 g/mol. The quantitative estimate of drug-likeness (QED) is 0.447. The molecule has 0 aromatic heterocycles. The molecule has 0 saturated carbocycles. The summed E-state index contributed by atoms with van der Waals surface area (Å²) in [6, 6.07) is 4.75. The van der Waals surface area contributed by atoms with Crippen LogP contribution in [0.4, 0.5) is 13.2 Å². The van der Waals surface area contributed by atoms with Gasteiger partial charge in [-0.05, 0) is 18.3 Å². The maximum atomic E-state index is 12.3. The van der Waals surface area contributed by atoms with Gasteiger partial charge in [0.1, 0.15) is 0 Å². The summed E-state index contributed by atoms with van der Waals surface area (Å²) in [4.78, 5) is 10.2. The topological polar surface area (TPSA) is 29.4 Å². The second-order valence-electron chi connectivity index (χ2n) is 3.84. The van der Waals surface area contributed by atoms with Crippen LogP contribution < -0.4 is 5.19 Å². The summed E-state index contributed by atoms with van der Waals surface area (Å²) in [5, 5.41) is 0.670. The van der Waals surface area contributed by atoms with Crippen LogP contribution >= 0.6 is 0 Å². The molecule has 1 rings (SSSR count). The largest absolute Gasteiger partial charge is 0.416 e. The number of rotatable bonds is 2. The fourth-order valence-electron chi connectivity index (χ4n) is 1.25. The van der Waals surface area contributed by atoms with Crippen molar-refractivity contribution in [3.05, 3.63) is 29.8 Å². The molecule has 0 fully saturated rings. The summed E-state index contributed by atoms with van der Waals surface area (Å²) in [5.74, 6) is 0. The SMILES string of the molecule is C[Si](C)(N=C=O)c1ccc(C(F)(F)F)cc1. The summed E-state index contributed by atoms with van der Waals surface area (Å²) >= 11 is 0. The van der Waals surface area contributed by atoms with Gasteiger partial charge in [0.25, 0.3) is 0 Å². The van der Waals surface area contributed by atoms with Crippen LogP contribution in [0.1, 0.15) is 5.56 Å². The molecule has 0 bridgehead atoms. The molecule has 6 heteroatoms. The first-order valence-corrected chi connectivity index (χ1v) is 7.49. The molecule has 0 spiro atoms. The zero-order valence-corrected chi connectivity index (χ0v) is 9.80. The molecule has 1 aromatic carbocycles. The predicted molar refractivity (Wildman–Crippen MR) is 56.7 cm³/mol. The van der Waals surface area contributed by atoms with Gasteiger partial charge in [0.15, 0.2) is 0 Å². The Morgan fingerprint density at radius 3 is 2.06 bits per heavy atom. The maximum absolute atomic E-state index is 12.3. The first-order chi connectivity index (χ1) is 7.27. The molecule has 86 valence electrons. The van der Waals surface area contributed by atoms with Crippen LogP contribution in [-0.2, 0) is 11.0 Å². The van der Waals surface area contributed by atoms with Crippen LogP contribution in [0.2, 0.25) is 13.1 Å². The van der Waals surface area contributed by atoms with Crippen molar-refractivity contribution in [3.8, 4) is 0 Å². The molecule has 0 aliphatic rings. The van der Waals surface area contributed by atoms with E-state index in [2.05, 4.69) is 4.66 Å². The standard InChI is InChI=1S/C10H10F3NOSi/c1-16(2,14-7-15)9-5-3-8(4-6-9)10(11,12)13/h3-6H,1-2H3. The van der Waals surface area contributed by atoms with Crippen LogP contribution in [0.5, 0.6) is 0 Å². The molecule has 16 heavy (non-hydrogen) atoms. The number of hydrogen-bond donors (Lipinski definition) is 0. The molecule has 0 aliphatic heterocycles. The third-order valence-electron chi connectivity index (χ3n) is 2.24. The Hall–Kier alpha value is -1.39. The Kier molecular flexibility index (Phi) is 3.35. The lowest BCUT2D eigenvalue weighted by molar-refractivity contribution is -0.137. The number of alkyl halides is 3. The van der Waals surface area contributed by atoms with Crippen LogP contribution in [0.25, 0.3) is 0 Å². The van der Waals surface area contributed by atoms with Crippen molar-refractivity contribution in [3.63, 3.8) is 0 Å². The lowest BCUT2D eigenvalue weighted by Crippen LogP contribution is -2.39. The van der Waals surface area contributed by atoms with Gasteiger partial charge in [0.2, 0.25) is 14.3 Å². The van der Waals surface area contributed by atoms with Gasteiger partial charge in [-0.1, -0.05) is 24.3 Å². The molecule has 0 N–H and O–H groups in total. The Morgan fingerprint density at radius 1 is 1.19 bits per heavy atom. The number of hydrogen-bond acceptors (Lipinski definition) is 2. The minimum Gasteiger partial charge on any atom is -0.242 e. The minimum atomic E-state index is -4.34. The van der Waals surface area contributed by atoms with Crippen molar-refractivity contribution < 1.29 is 18.0 Å². The Morgan fingerprint density at radius 2 is 1.69 bits per heavy atom. The van der Waals surface area contributed by atoms with E-state index >= 15 is 0 Å². The first kappa shape index (κ1) is 12.7. The number of isocyanates is 1. The highest BCUT2D eigenvalue weighted by molar-refractivity contribution is 6.88. The summed E-state index contributed by atoms with van der Waals surface area (Å²) in [5.41, 5.74) is -0.698. The third-order valence-corrected chi connectivity index (χ3v) is 4.64. The lowest BCUT2D eigenvalue weighted by Gasteiger charge is -2.15. The zero-order valence-electron chi connectivity index (χ0n) is 8.80. The average Bonchev–Trinajstić information content (AvgIpc) is 2.16. The van der Waals surface area contributed by atoms with Crippen molar-refractivity contribution in [2.24, 2.45) is 4.66 Å². The molecule has 0 heterocycles. The van der Waals surface area contributed by atoms with Gasteiger partial charge < -0.3 is 0 Å².